The van der Waals surface area contributed by atoms with Gasteiger partial charge in [-0.25, -0.2) is 4.39 Å². The number of hydrogen-bond donors (Lipinski definition) is 1. The second-order valence-electron chi connectivity index (χ2n) is 5.09. The molecule has 1 nitrogen and oxygen atoms in total. The van der Waals surface area contributed by atoms with Gasteiger partial charge in [0, 0.05) is 6.04 Å². The SMILES string of the molecule is CCCNC(CC1CCC1)c1ccc(F)cc1. The van der Waals surface area contributed by atoms with Gasteiger partial charge in [0.05, 0.1) is 0 Å². The molecule has 17 heavy (non-hydrogen) atoms. The van der Waals surface area contributed by atoms with E-state index in [9.17, 15) is 4.39 Å². The van der Waals surface area contributed by atoms with Crippen molar-refractivity contribution in [1.29, 1.82) is 0 Å². The third-order valence-corrected chi connectivity index (χ3v) is 3.71. The third-order valence-electron chi connectivity index (χ3n) is 3.71. The van der Waals surface area contributed by atoms with Gasteiger partial charge in [-0.1, -0.05) is 38.3 Å². The van der Waals surface area contributed by atoms with Crippen LogP contribution in [0.1, 0.15) is 50.6 Å². The summed E-state index contributed by atoms with van der Waals surface area (Å²) in [4.78, 5) is 0. The Hall–Kier alpha value is -0.890. The number of halogens is 1. The first kappa shape index (κ1) is 12.6. The van der Waals surface area contributed by atoms with E-state index in [0.29, 0.717) is 6.04 Å². The van der Waals surface area contributed by atoms with Crippen molar-refractivity contribution in [2.75, 3.05) is 6.54 Å². The van der Waals surface area contributed by atoms with Crippen LogP contribution in [-0.2, 0) is 0 Å². The van der Waals surface area contributed by atoms with Gasteiger partial charge in [0.1, 0.15) is 5.82 Å². The molecule has 1 unspecified atom stereocenters. The standard InChI is InChI=1S/C15H22FN/c1-2-10-17-15(11-12-4-3-5-12)13-6-8-14(16)9-7-13/h6-9,12,15,17H,2-5,10-11H2,1H3. The molecule has 1 aliphatic carbocycles. The Bertz CT molecular complexity index is 329. The predicted molar refractivity (Wildman–Crippen MR) is 69.4 cm³/mol. The lowest BCUT2D eigenvalue weighted by Gasteiger charge is -2.30. The summed E-state index contributed by atoms with van der Waals surface area (Å²) in [5.74, 6) is 0.723. The summed E-state index contributed by atoms with van der Waals surface area (Å²) in [5.41, 5.74) is 1.23. The maximum atomic E-state index is 12.9. The highest BCUT2D eigenvalue weighted by Gasteiger charge is 2.22. The first-order chi connectivity index (χ1) is 8.29. The molecule has 1 saturated carbocycles. The summed E-state index contributed by atoms with van der Waals surface area (Å²) in [6.07, 6.45) is 6.46. The molecule has 1 aromatic carbocycles. The fraction of sp³-hybridized carbons (Fsp3) is 0.600. The van der Waals surface area contributed by atoms with E-state index in [1.54, 1.807) is 12.1 Å². The maximum Gasteiger partial charge on any atom is 0.123 e. The smallest absolute Gasteiger partial charge is 0.123 e. The maximum absolute atomic E-state index is 12.9. The normalized spacial score (nSPS) is 17.8. The predicted octanol–water partition coefficient (Wildman–Crippen LogP) is 4.06. The molecule has 1 aromatic rings. The molecule has 0 bridgehead atoms. The minimum absolute atomic E-state index is 0.147. The third kappa shape index (κ3) is 3.53. The molecule has 1 N–H and O–H groups in total. The Morgan fingerprint density at radius 3 is 2.53 bits per heavy atom. The fourth-order valence-corrected chi connectivity index (χ4v) is 2.41. The van der Waals surface area contributed by atoms with Gasteiger partial charge in [-0.05, 0) is 43.0 Å². The van der Waals surface area contributed by atoms with E-state index >= 15 is 0 Å². The van der Waals surface area contributed by atoms with Gasteiger partial charge in [-0.3, -0.25) is 0 Å². The van der Waals surface area contributed by atoms with Crippen LogP contribution in [0.15, 0.2) is 24.3 Å². The van der Waals surface area contributed by atoms with Crippen molar-refractivity contribution < 1.29 is 4.39 Å². The summed E-state index contributed by atoms with van der Waals surface area (Å²) in [6, 6.07) is 7.37. The molecule has 0 amide bonds. The second kappa shape index (κ2) is 6.15. The van der Waals surface area contributed by atoms with Gasteiger partial charge in [-0.15, -0.1) is 0 Å². The molecule has 0 aliphatic heterocycles. The van der Waals surface area contributed by atoms with Gasteiger partial charge < -0.3 is 5.32 Å². The molecule has 1 atom stereocenters. The minimum Gasteiger partial charge on any atom is -0.310 e. The largest absolute Gasteiger partial charge is 0.310 e. The summed E-state index contributed by atoms with van der Waals surface area (Å²) in [6.45, 7) is 3.22. The molecular weight excluding hydrogens is 213 g/mol. The topological polar surface area (TPSA) is 12.0 Å². The number of benzene rings is 1. The summed E-state index contributed by atoms with van der Waals surface area (Å²) in [5, 5.41) is 3.58. The van der Waals surface area contributed by atoms with Crippen LogP contribution in [0.25, 0.3) is 0 Å². The molecule has 0 radical (unpaired) electrons. The zero-order chi connectivity index (χ0) is 12.1. The lowest BCUT2D eigenvalue weighted by Crippen LogP contribution is -2.26. The van der Waals surface area contributed by atoms with Gasteiger partial charge in [-0.2, -0.15) is 0 Å². The quantitative estimate of drug-likeness (QED) is 0.784. The molecule has 0 aromatic heterocycles. The molecule has 1 aliphatic rings. The van der Waals surface area contributed by atoms with Crippen molar-refractivity contribution in [3.05, 3.63) is 35.6 Å². The summed E-state index contributed by atoms with van der Waals surface area (Å²) < 4.78 is 12.9. The van der Waals surface area contributed by atoms with Crippen molar-refractivity contribution in [2.45, 2.75) is 45.1 Å². The van der Waals surface area contributed by atoms with E-state index in [2.05, 4.69) is 12.2 Å². The summed E-state index contributed by atoms with van der Waals surface area (Å²) in [7, 11) is 0. The van der Waals surface area contributed by atoms with Crippen molar-refractivity contribution >= 4 is 0 Å². The minimum atomic E-state index is -0.147. The fourth-order valence-electron chi connectivity index (χ4n) is 2.41. The van der Waals surface area contributed by atoms with E-state index < -0.39 is 0 Å². The van der Waals surface area contributed by atoms with Crippen molar-refractivity contribution in [3.63, 3.8) is 0 Å². The van der Waals surface area contributed by atoms with E-state index in [-0.39, 0.29) is 5.82 Å². The van der Waals surface area contributed by atoms with Crippen LogP contribution in [0, 0.1) is 11.7 Å². The Morgan fingerprint density at radius 1 is 1.29 bits per heavy atom. The highest BCUT2D eigenvalue weighted by molar-refractivity contribution is 5.20. The zero-order valence-corrected chi connectivity index (χ0v) is 10.6. The average Bonchev–Trinajstić information content (AvgIpc) is 2.28. The first-order valence-electron chi connectivity index (χ1n) is 6.78. The Kier molecular flexibility index (Phi) is 4.55. The Morgan fingerprint density at radius 2 is 2.00 bits per heavy atom. The molecule has 1 fully saturated rings. The highest BCUT2D eigenvalue weighted by atomic mass is 19.1. The van der Waals surface area contributed by atoms with Crippen LogP contribution >= 0.6 is 0 Å². The average molecular weight is 235 g/mol. The molecule has 0 heterocycles. The Balaban J connectivity index is 1.99. The van der Waals surface area contributed by atoms with Crippen molar-refractivity contribution in [1.82, 2.24) is 5.32 Å². The van der Waals surface area contributed by atoms with E-state index in [0.717, 1.165) is 18.9 Å². The number of nitrogens with one attached hydrogen (secondary N) is 1. The molecule has 94 valence electrons. The molecule has 0 spiro atoms. The molecule has 2 rings (SSSR count). The summed E-state index contributed by atoms with van der Waals surface area (Å²) >= 11 is 0. The second-order valence-corrected chi connectivity index (χ2v) is 5.09. The lowest BCUT2D eigenvalue weighted by molar-refractivity contribution is 0.261. The van der Waals surface area contributed by atoms with Crippen LogP contribution in [0.5, 0.6) is 0 Å². The van der Waals surface area contributed by atoms with Crippen molar-refractivity contribution in [2.24, 2.45) is 5.92 Å². The van der Waals surface area contributed by atoms with E-state index in [4.69, 9.17) is 0 Å². The first-order valence-corrected chi connectivity index (χ1v) is 6.78. The van der Waals surface area contributed by atoms with E-state index in [1.807, 2.05) is 12.1 Å². The molecule has 0 saturated heterocycles. The Labute approximate surface area is 103 Å². The zero-order valence-electron chi connectivity index (χ0n) is 10.6. The van der Waals surface area contributed by atoms with Crippen molar-refractivity contribution in [3.8, 4) is 0 Å². The lowest BCUT2D eigenvalue weighted by atomic mass is 9.79. The van der Waals surface area contributed by atoms with Crippen LogP contribution in [0.2, 0.25) is 0 Å². The number of rotatable bonds is 6. The molecular formula is C15H22FN. The van der Waals surface area contributed by atoms with Gasteiger partial charge in [0.25, 0.3) is 0 Å². The molecule has 2 heteroatoms. The van der Waals surface area contributed by atoms with Gasteiger partial charge >= 0.3 is 0 Å². The van der Waals surface area contributed by atoms with Crippen LogP contribution in [0.4, 0.5) is 4.39 Å². The highest BCUT2D eigenvalue weighted by Crippen LogP contribution is 2.34. The van der Waals surface area contributed by atoms with Gasteiger partial charge in [0.2, 0.25) is 0 Å². The van der Waals surface area contributed by atoms with Gasteiger partial charge in [0.15, 0.2) is 0 Å². The van der Waals surface area contributed by atoms with Crippen LogP contribution in [0.3, 0.4) is 0 Å². The van der Waals surface area contributed by atoms with Crippen LogP contribution in [-0.4, -0.2) is 6.54 Å². The number of hydrogen-bond acceptors (Lipinski definition) is 1. The van der Waals surface area contributed by atoms with Crippen LogP contribution < -0.4 is 5.32 Å². The van der Waals surface area contributed by atoms with E-state index in [1.165, 1.54) is 31.2 Å². The monoisotopic (exact) mass is 235 g/mol.